The molecule has 0 saturated heterocycles. The van der Waals surface area contributed by atoms with Crippen molar-refractivity contribution in [1.29, 1.82) is 0 Å². The van der Waals surface area contributed by atoms with Crippen molar-refractivity contribution in [2.45, 2.75) is 215 Å². The Kier molecular flexibility index (Phi) is 34.7. The molecule has 5 heteroatoms. The Bertz CT molecular complexity index is 1660. The van der Waals surface area contributed by atoms with E-state index >= 15 is 0 Å². The summed E-state index contributed by atoms with van der Waals surface area (Å²) in [4.78, 5) is 10.2. The van der Waals surface area contributed by atoms with Crippen LogP contribution in [0.2, 0.25) is 0 Å². The van der Waals surface area contributed by atoms with E-state index in [0.29, 0.717) is 0 Å². The molecule has 62 heavy (non-hydrogen) atoms. The fourth-order valence-corrected chi connectivity index (χ4v) is 7.71. The van der Waals surface area contributed by atoms with Gasteiger partial charge in [-0.25, -0.2) is 0 Å². The standard InChI is InChI=1S/C47H74N2.C10H14O2.Ni/c1-5-8-11-13-15-17-19-21-23-25-27-29-33-43-35-31-37-45(40-43)48-42(4)47(39-10-7-3)49-46-38-32-36-44(41-46)34-30-28-26-24-22-20-18-16-14-12-9-6-2;1-3-7-5-9(11)10(12)6-8(7)4-2;/h29-38,40-41H,5-28,39H2,1-4H3;5-6,11-12H,3-4H2,1-2H3;/q;;+2/p-2. The zero-order valence-electron chi connectivity index (χ0n) is 40.2. The molecule has 0 bridgehead atoms. The molecule has 3 aromatic rings. The Morgan fingerprint density at radius 3 is 1.23 bits per heavy atom. The van der Waals surface area contributed by atoms with E-state index in [2.05, 4.69) is 101 Å². The zero-order valence-corrected chi connectivity index (χ0v) is 41.2. The summed E-state index contributed by atoms with van der Waals surface area (Å²) >= 11 is 0. The third-order valence-electron chi connectivity index (χ3n) is 11.6. The van der Waals surface area contributed by atoms with Gasteiger partial charge in [-0.15, -0.1) is 11.5 Å². The summed E-state index contributed by atoms with van der Waals surface area (Å²) in [6.07, 6.45) is 44.1. The second-order valence-corrected chi connectivity index (χ2v) is 17.1. The Morgan fingerprint density at radius 2 is 0.839 bits per heavy atom. The maximum atomic E-state index is 11.0. The van der Waals surface area contributed by atoms with E-state index in [-0.39, 0.29) is 28.0 Å². The molecular formula is C57H86N2NiO2. The molecule has 0 saturated carbocycles. The van der Waals surface area contributed by atoms with E-state index in [1.54, 1.807) is 0 Å². The van der Waals surface area contributed by atoms with Gasteiger partial charge in [0, 0.05) is 0 Å². The van der Waals surface area contributed by atoms with Crippen LogP contribution >= 0.6 is 0 Å². The molecule has 0 radical (unpaired) electrons. The molecule has 0 aromatic heterocycles. The first-order valence-electron chi connectivity index (χ1n) is 25.0. The van der Waals surface area contributed by atoms with Crippen molar-refractivity contribution in [3.63, 3.8) is 0 Å². The summed E-state index contributed by atoms with van der Waals surface area (Å²) in [6.45, 7) is 12.9. The minimum Gasteiger partial charge on any atom is -0.873 e. The van der Waals surface area contributed by atoms with E-state index < -0.39 is 0 Å². The van der Waals surface area contributed by atoms with Crippen LogP contribution in [-0.2, 0) is 29.3 Å². The fourth-order valence-electron chi connectivity index (χ4n) is 7.71. The van der Waals surface area contributed by atoms with Gasteiger partial charge in [0.1, 0.15) is 0 Å². The molecular weight excluding hydrogens is 803 g/mol. The number of aryl methyl sites for hydroxylation is 2. The Hall–Kier alpha value is -3.43. The van der Waals surface area contributed by atoms with Crippen LogP contribution in [0, 0.1) is 0 Å². The molecule has 0 aliphatic rings. The van der Waals surface area contributed by atoms with Crippen LogP contribution in [0.5, 0.6) is 11.5 Å². The average molecular weight is 890 g/mol. The van der Waals surface area contributed by atoms with E-state index in [1.165, 1.54) is 152 Å². The van der Waals surface area contributed by atoms with Gasteiger partial charge in [-0.2, -0.15) is 0 Å². The van der Waals surface area contributed by atoms with Crippen molar-refractivity contribution < 1.29 is 26.7 Å². The number of allylic oxidation sites excluding steroid dienone is 2. The molecule has 0 heterocycles. The predicted molar refractivity (Wildman–Crippen MR) is 267 cm³/mol. The third kappa shape index (κ3) is 26.9. The molecule has 346 valence electrons. The van der Waals surface area contributed by atoms with Crippen LogP contribution in [0.15, 0.2) is 82.8 Å². The molecule has 0 amide bonds. The van der Waals surface area contributed by atoms with Crippen LogP contribution in [0.25, 0.3) is 12.2 Å². The summed E-state index contributed by atoms with van der Waals surface area (Å²) < 4.78 is 0. The summed E-state index contributed by atoms with van der Waals surface area (Å²) in [5.41, 5.74) is 8.60. The molecule has 0 fully saturated rings. The van der Waals surface area contributed by atoms with Gasteiger partial charge in [-0.05, 0) is 105 Å². The van der Waals surface area contributed by atoms with Gasteiger partial charge in [-0.3, -0.25) is 9.98 Å². The molecule has 3 rings (SSSR count). The van der Waals surface area contributed by atoms with Crippen molar-refractivity contribution in [3.8, 4) is 11.5 Å². The Labute approximate surface area is 391 Å². The Morgan fingerprint density at radius 1 is 0.468 bits per heavy atom. The minimum atomic E-state index is -0.385. The van der Waals surface area contributed by atoms with Gasteiger partial charge in [0.05, 0.1) is 22.8 Å². The molecule has 0 spiro atoms. The van der Waals surface area contributed by atoms with Crippen LogP contribution in [-0.4, -0.2) is 11.4 Å². The summed E-state index contributed by atoms with van der Waals surface area (Å²) in [6, 6.07) is 20.2. The number of aliphatic imine (C=N–C) groups is 2. The van der Waals surface area contributed by atoms with Crippen molar-refractivity contribution in [2.24, 2.45) is 9.98 Å². The quantitative estimate of drug-likeness (QED) is 0.0356. The molecule has 0 atom stereocenters. The first kappa shape index (κ1) is 56.6. The molecule has 3 aromatic carbocycles. The fraction of sp³-hybridized carbons (Fsp3) is 0.579. The van der Waals surface area contributed by atoms with E-state index in [0.717, 1.165) is 78.9 Å². The summed E-state index contributed by atoms with van der Waals surface area (Å²) in [5, 5.41) is 21.9. The normalized spacial score (nSPS) is 11.9. The van der Waals surface area contributed by atoms with Gasteiger partial charge in [0.2, 0.25) is 0 Å². The summed E-state index contributed by atoms with van der Waals surface area (Å²) in [5.74, 6) is -0.770. The van der Waals surface area contributed by atoms with Crippen molar-refractivity contribution in [3.05, 3.63) is 95.1 Å². The van der Waals surface area contributed by atoms with E-state index in [9.17, 15) is 10.2 Å². The molecule has 4 nitrogen and oxygen atoms in total. The van der Waals surface area contributed by atoms with Gasteiger partial charge in [0.25, 0.3) is 0 Å². The Balaban J connectivity index is 0.00000127. The van der Waals surface area contributed by atoms with E-state index in [4.69, 9.17) is 9.98 Å². The number of hydrogen-bond donors (Lipinski definition) is 0. The van der Waals surface area contributed by atoms with Crippen LogP contribution in [0.4, 0.5) is 11.4 Å². The van der Waals surface area contributed by atoms with Gasteiger partial charge in [-0.1, -0.05) is 217 Å². The van der Waals surface area contributed by atoms with Crippen LogP contribution in [0.3, 0.4) is 0 Å². The van der Waals surface area contributed by atoms with Crippen molar-refractivity contribution >= 4 is 35.0 Å². The largest absolute Gasteiger partial charge is 2.00 e. The van der Waals surface area contributed by atoms with Gasteiger partial charge >= 0.3 is 16.5 Å². The topological polar surface area (TPSA) is 70.8 Å². The smallest absolute Gasteiger partial charge is 0.873 e. The number of hydrogen-bond acceptors (Lipinski definition) is 4. The predicted octanol–water partition coefficient (Wildman–Crippen LogP) is 17.3. The first-order valence-corrected chi connectivity index (χ1v) is 25.0. The van der Waals surface area contributed by atoms with Crippen molar-refractivity contribution in [1.82, 2.24) is 0 Å². The minimum absolute atomic E-state index is 0. The monoisotopic (exact) mass is 889 g/mol. The summed E-state index contributed by atoms with van der Waals surface area (Å²) in [7, 11) is 0. The molecule has 0 unspecified atom stereocenters. The number of benzene rings is 3. The second-order valence-electron chi connectivity index (χ2n) is 17.1. The molecule has 0 N–H and O–H groups in total. The zero-order chi connectivity index (χ0) is 44.2. The van der Waals surface area contributed by atoms with Crippen molar-refractivity contribution in [2.75, 3.05) is 0 Å². The third-order valence-corrected chi connectivity index (χ3v) is 11.6. The number of nitrogens with zero attached hydrogens (tertiary/aromatic N) is 2. The van der Waals surface area contributed by atoms with Crippen LogP contribution < -0.4 is 10.2 Å². The number of rotatable bonds is 32. The maximum absolute atomic E-state index is 11.0. The van der Waals surface area contributed by atoms with Gasteiger partial charge < -0.3 is 10.2 Å². The first-order chi connectivity index (χ1) is 29.8. The SMILES string of the molecule is CCCCCCCCCCCCC=Cc1cccc(N=C(C)C(CCCC)=Nc2cccc(C=CCCCCCCCCCCCC)c2)c1.CCc1cc([O-])c([O-])cc1CC.[Ni+2]. The molecule has 0 aliphatic heterocycles. The number of unbranched alkanes of at least 4 members (excludes halogenated alkanes) is 21. The van der Waals surface area contributed by atoms with Gasteiger partial charge in [0.15, 0.2) is 0 Å². The van der Waals surface area contributed by atoms with Crippen LogP contribution in [0.1, 0.15) is 224 Å². The second kappa shape index (κ2) is 38.1. The van der Waals surface area contributed by atoms with E-state index in [1.807, 2.05) is 13.8 Å². The average Bonchev–Trinajstić information content (AvgIpc) is 3.27. The maximum Gasteiger partial charge on any atom is 2.00 e. The molecule has 0 aliphatic carbocycles.